The van der Waals surface area contributed by atoms with Gasteiger partial charge in [0.15, 0.2) is 0 Å². The molecule has 1 rings (SSSR count). The lowest BCUT2D eigenvalue weighted by Crippen LogP contribution is -2.58. The van der Waals surface area contributed by atoms with Crippen LogP contribution < -0.4 is 20.5 Å². The Morgan fingerprint density at radius 2 is 1.91 bits per heavy atom. The molecule has 0 spiro atoms. The Morgan fingerprint density at radius 3 is 2.43 bits per heavy atom. The molecule has 0 radical (unpaired) electrons. The molecule has 0 aliphatic rings. The van der Waals surface area contributed by atoms with Crippen LogP contribution in [0.15, 0.2) is 18.2 Å². The van der Waals surface area contributed by atoms with E-state index in [0.29, 0.717) is 17.9 Å². The number of nitrogens with one attached hydrogen (secondary N) is 1. The third-order valence-electron chi connectivity index (χ3n) is 3.50. The largest absolute Gasteiger partial charge is 0.497 e. The molecule has 128 valence electrons. The van der Waals surface area contributed by atoms with Crippen molar-refractivity contribution in [2.24, 2.45) is 5.73 Å². The fraction of sp³-hybridized carbons (Fsp3) is 0.500. The van der Waals surface area contributed by atoms with Gasteiger partial charge in [0.2, 0.25) is 11.8 Å². The van der Waals surface area contributed by atoms with Gasteiger partial charge in [0, 0.05) is 13.5 Å². The maximum Gasteiger partial charge on any atom is 0.245 e. The summed E-state index contributed by atoms with van der Waals surface area (Å²) >= 11 is 0. The number of amides is 2. The van der Waals surface area contributed by atoms with Crippen molar-refractivity contribution in [1.82, 2.24) is 5.32 Å². The number of hydrogen-bond acceptors (Lipinski definition) is 5. The number of methoxy groups -OCH3 is 3. The van der Waals surface area contributed by atoms with E-state index in [1.165, 1.54) is 14.0 Å². The van der Waals surface area contributed by atoms with Crippen molar-refractivity contribution in [3.05, 3.63) is 23.8 Å². The quantitative estimate of drug-likeness (QED) is 0.694. The number of aryl methyl sites for hydroxylation is 1. The number of nitrogens with two attached hydrogens (primary N) is 1. The molecule has 0 aromatic heterocycles. The van der Waals surface area contributed by atoms with Gasteiger partial charge in [-0.2, -0.15) is 0 Å². The van der Waals surface area contributed by atoms with Crippen LogP contribution >= 0.6 is 0 Å². The predicted molar refractivity (Wildman–Crippen MR) is 85.5 cm³/mol. The highest BCUT2D eigenvalue weighted by Gasteiger charge is 2.32. The maximum absolute atomic E-state index is 12.1. The summed E-state index contributed by atoms with van der Waals surface area (Å²) in [5, 5.41) is 2.62. The van der Waals surface area contributed by atoms with E-state index in [2.05, 4.69) is 5.32 Å². The van der Waals surface area contributed by atoms with Crippen LogP contribution in [-0.4, -0.2) is 45.3 Å². The van der Waals surface area contributed by atoms with Gasteiger partial charge in [0.05, 0.1) is 20.8 Å². The summed E-state index contributed by atoms with van der Waals surface area (Å²) in [6.07, 6.45) is 0.615. The number of carbonyl (C=O) groups is 2. The van der Waals surface area contributed by atoms with Gasteiger partial charge in [-0.1, -0.05) is 0 Å². The van der Waals surface area contributed by atoms with E-state index in [4.69, 9.17) is 19.9 Å². The first-order chi connectivity index (χ1) is 10.9. The third-order valence-corrected chi connectivity index (χ3v) is 3.50. The van der Waals surface area contributed by atoms with E-state index in [9.17, 15) is 9.59 Å². The molecule has 7 heteroatoms. The first-order valence-electron chi connectivity index (χ1n) is 7.17. The minimum absolute atomic E-state index is 0.0105. The van der Waals surface area contributed by atoms with E-state index < -0.39 is 11.4 Å². The zero-order chi connectivity index (χ0) is 17.5. The minimum atomic E-state index is -1.23. The summed E-state index contributed by atoms with van der Waals surface area (Å²) < 4.78 is 15.4. The monoisotopic (exact) mass is 324 g/mol. The molecule has 2 amide bonds. The highest BCUT2D eigenvalue weighted by Crippen LogP contribution is 2.25. The molecule has 0 saturated heterocycles. The van der Waals surface area contributed by atoms with E-state index in [0.717, 1.165) is 5.56 Å². The SMILES string of the molecule is COC[C@@](C)(NC(=O)CCc1cc(OC)ccc1OC)C(N)=O. The van der Waals surface area contributed by atoms with Gasteiger partial charge in [-0.25, -0.2) is 0 Å². The van der Waals surface area contributed by atoms with Crippen molar-refractivity contribution >= 4 is 11.8 Å². The molecular formula is C16H24N2O5. The Labute approximate surface area is 136 Å². The van der Waals surface area contributed by atoms with Crippen molar-refractivity contribution in [2.75, 3.05) is 27.9 Å². The molecule has 0 aliphatic carbocycles. The van der Waals surface area contributed by atoms with Crippen molar-refractivity contribution in [2.45, 2.75) is 25.3 Å². The van der Waals surface area contributed by atoms with Crippen LogP contribution in [0.2, 0.25) is 0 Å². The lowest BCUT2D eigenvalue weighted by atomic mass is 10.0. The highest BCUT2D eigenvalue weighted by molar-refractivity contribution is 5.90. The summed E-state index contributed by atoms with van der Waals surface area (Å²) in [6, 6.07) is 5.38. The molecule has 1 aromatic rings. The van der Waals surface area contributed by atoms with Gasteiger partial charge >= 0.3 is 0 Å². The van der Waals surface area contributed by atoms with Gasteiger partial charge in [-0.3, -0.25) is 9.59 Å². The van der Waals surface area contributed by atoms with Crippen molar-refractivity contribution in [3.63, 3.8) is 0 Å². The van der Waals surface area contributed by atoms with E-state index in [-0.39, 0.29) is 18.9 Å². The lowest BCUT2D eigenvalue weighted by Gasteiger charge is -2.26. The second-order valence-corrected chi connectivity index (χ2v) is 5.36. The number of benzene rings is 1. The van der Waals surface area contributed by atoms with Gasteiger partial charge in [-0.05, 0) is 37.1 Å². The number of carbonyl (C=O) groups excluding carboxylic acids is 2. The Morgan fingerprint density at radius 1 is 1.22 bits per heavy atom. The van der Waals surface area contributed by atoms with Crippen molar-refractivity contribution < 1.29 is 23.8 Å². The zero-order valence-corrected chi connectivity index (χ0v) is 14.0. The normalized spacial score (nSPS) is 13.0. The number of rotatable bonds is 9. The molecule has 0 heterocycles. The summed E-state index contributed by atoms with van der Waals surface area (Å²) in [6.45, 7) is 1.54. The first kappa shape index (κ1) is 18.8. The zero-order valence-electron chi connectivity index (χ0n) is 14.0. The fourth-order valence-corrected chi connectivity index (χ4v) is 2.15. The molecule has 0 fully saturated rings. The van der Waals surface area contributed by atoms with Crippen molar-refractivity contribution in [3.8, 4) is 11.5 Å². The Kier molecular flexibility index (Phi) is 6.84. The molecule has 0 unspecified atom stereocenters. The summed E-state index contributed by atoms with van der Waals surface area (Å²) in [4.78, 5) is 23.6. The Hall–Kier alpha value is -2.28. The molecule has 1 aromatic carbocycles. The van der Waals surface area contributed by atoms with Crippen LogP contribution in [0, 0.1) is 0 Å². The average molecular weight is 324 g/mol. The van der Waals surface area contributed by atoms with Crippen LogP contribution in [0.3, 0.4) is 0 Å². The highest BCUT2D eigenvalue weighted by atomic mass is 16.5. The molecule has 0 bridgehead atoms. The molecule has 1 atom stereocenters. The minimum Gasteiger partial charge on any atom is -0.497 e. The maximum atomic E-state index is 12.1. The summed E-state index contributed by atoms with van der Waals surface area (Å²) in [7, 11) is 4.57. The van der Waals surface area contributed by atoms with Crippen LogP contribution in [0.25, 0.3) is 0 Å². The van der Waals surface area contributed by atoms with E-state index in [1.807, 2.05) is 6.07 Å². The second kappa shape index (κ2) is 8.38. The topological polar surface area (TPSA) is 99.9 Å². The van der Waals surface area contributed by atoms with Crippen LogP contribution in [0.4, 0.5) is 0 Å². The van der Waals surface area contributed by atoms with Crippen LogP contribution in [-0.2, 0) is 20.7 Å². The molecule has 7 nitrogen and oxygen atoms in total. The second-order valence-electron chi connectivity index (χ2n) is 5.36. The summed E-state index contributed by atoms with van der Waals surface area (Å²) in [5.41, 5.74) is 4.94. The average Bonchev–Trinajstić information content (AvgIpc) is 2.52. The number of ether oxygens (including phenoxy) is 3. The standard InChI is InChI=1S/C16H24N2O5/c1-16(10-21-2,15(17)20)18-14(19)8-5-11-9-12(22-3)6-7-13(11)23-4/h6-7,9H,5,8,10H2,1-4H3,(H2,17,20)(H,18,19)/t16-/m1/s1. The van der Waals surface area contributed by atoms with Crippen molar-refractivity contribution in [1.29, 1.82) is 0 Å². The molecular weight excluding hydrogens is 300 g/mol. The smallest absolute Gasteiger partial charge is 0.245 e. The molecule has 23 heavy (non-hydrogen) atoms. The molecule has 3 N–H and O–H groups in total. The van der Waals surface area contributed by atoms with Gasteiger partial charge in [-0.15, -0.1) is 0 Å². The third kappa shape index (κ3) is 5.14. The van der Waals surface area contributed by atoms with Crippen LogP contribution in [0.5, 0.6) is 11.5 Å². The molecule has 0 aliphatic heterocycles. The fourth-order valence-electron chi connectivity index (χ4n) is 2.15. The van der Waals surface area contributed by atoms with Gasteiger partial charge in [0.1, 0.15) is 17.0 Å². The summed E-state index contributed by atoms with van der Waals surface area (Å²) in [5.74, 6) is 0.413. The number of hydrogen-bond donors (Lipinski definition) is 2. The lowest BCUT2D eigenvalue weighted by molar-refractivity contribution is -0.133. The Bertz CT molecular complexity index is 561. The first-order valence-corrected chi connectivity index (χ1v) is 7.17. The van der Waals surface area contributed by atoms with E-state index in [1.54, 1.807) is 26.4 Å². The van der Waals surface area contributed by atoms with Gasteiger partial charge < -0.3 is 25.3 Å². The predicted octanol–water partition coefficient (Wildman–Crippen LogP) is 0.643. The number of primary amides is 1. The van der Waals surface area contributed by atoms with Crippen LogP contribution in [0.1, 0.15) is 18.9 Å². The Balaban J connectivity index is 2.74. The van der Waals surface area contributed by atoms with Gasteiger partial charge in [0.25, 0.3) is 0 Å². The van der Waals surface area contributed by atoms with E-state index >= 15 is 0 Å². The molecule has 0 saturated carbocycles.